The van der Waals surface area contributed by atoms with E-state index in [1.165, 1.54) is 12.1 Å². The van der Waals surface area contributed by atoms with Crippen LogP contribution in [0.4, 0.5) is 4.39 Å². The monoisotopic (exact) mass is 355 g/mol. The first kappa shape index (κ1) is 16.9. The third kappa shape index (κ3) is 2.64. The number of rotatable bonds is 1. The van der Waals surface area contributed by atoms with Crippen molar-refractivity contribution >= 4 is 22.7 Å². The van der Waals surface area contributed by atoms with Gasteiger partial charge in [-0.25, -0.2) is 4.39 Å². The number of halogens is 1. The number of likely N-dealkylation sites (tertiary alicyclic amines) is 2. The van der Waals surface area contributed by atoms with Gasteiger partial charge in [0.05, 0.1) is 16.5 Å². The van der Waals surface area contributed by atoms with Gasteiger partial charge in [-0.15, -0.1) is 0 Å². The standard InChI is InChI=1S/C20H22FN3O2/c1-13-10-16(15-5-4-14(21)11-17(15)22-13)18(25)24-9-7-20(12-24)6-3-8-23(2)19(20)26/h4-5,10-11H,3,6-9,12H2,1-2H3/t20-/m1/s1. The van der Waals surface area contributed by atoms with E-state index in [2.05, 4.69) is 4.98 Å². The average Bonchev–Trinajstić information content (AvgIpc) is 3.03. The molecule has 1 spiro atoms. The average molecular weight is 355 g/mol. The Kier molecular flexibility index (Phi) is 3.93. The van der Waals surface area contributed by atoms with Crippen LogP contribution in [0.2, 0.25) is 0 Å². The fraction of sp³-hybridized carbons (Fsp3) is 0.450. The number of piperidine rings is 1. The van der Waals surface area contributed by atoms with Gasteiger partial charge in [0.25, 0.3) is 5.91 Å². The van der Waals surface area contributed by atoms with E-state index < -0.39 is 5.41 Å². The minimum Gasteiger partial charge on any atom is -0.345 e. The van der Waals surface area contributed by atoms with Crippen LogP contribution in [0.5, 0.6) is 0 Å². The molecule has 2 saturated heterocycles. The molecule has 136 valence electrons. The van der Waals surface area contributed by atoms with Crippen molar-refractivity contribution in [3.05, 3.63) is 41.3 Å². The van der Waals surface area contributed by atoms with Gasteiger partial charge in [0.2, 0.25) is 5.91 Å². The van der Waals surface area contributed by atoms with Gasteiger partial charge in [-0.1, -0.05) is 0 Å². The Morgan fingerprint density at radius 2 is 2.04 bits per heavy atom. The van der Waals surface area contributed by atoms with Gasteiger partial charge >= 0.3 is 0 Å². The van der Waals surface area contributed by atoms with Gasteiger partial charge in [-0.3, -0.25) is 14.6 Å². The highest BCUT2D eigenvalue weighted by atomic mass is 19.1. The Hall–Kier alpha value is -2.50. The van der Waals surface area contributed by atoms with Crippen molar-refractivity contribution in [3.63, 3.8) is 0 Å². The second-order valence-electron chi connectivity index (χ2n) is 7.56. The molecule has 0 bridgehead atoms. The second-order valence-corrected chi connectivity index (χ2v) is 7.56. The van der Waals surface area contributed by atoms with E-state index in [9.17, 15) is 14.0 Å². The molecule has 4 rings (SSSR count). The van der Waals surface area contributed by atoms with Gasteiger partial charge < -0.3 is 9.80 Å². The third-order valence-electron chi connectivity index (χ3n) is 5.72. The lowest BCUT2D eigenvalue weighted by Gasteiger charge is -2.37. The molecule has 1 aromatic carbocycles. The minimum absolute atomic E-state index is 0.106. The van der Waals surface area contributed by atoms with Gasteiger partial charge in [0, 0.05) is 43.8 Å². The van der Waals surface area contributed by atoms with Crippen LogP contribution in [0.25, 0.3) is 10.9 Å². The summed E-state index contributed by atoms with van der Waals surface area (Å²) in [6.07, 6.45) is 2.51. The molecule has 0 aliphatic carbocycles. The molecule has 0 unspecified atom stereocenters. The maximum absolute atomic E-state index is 13.5. The number of carbonyl (C=O) groups is 2. The highest BCUT2D eigenvalue weighted by Crippen LogP contribution is 2.40. The zero-order chi connectivity index (χ0) is 18.5. The number of hydrogen-bond acceptors (Lipinski definition) is 3. The minimum atomic E-state index is -0.438. The van der Waals surface area contributed by atoms with Crippen LogP contribution in [-0.4, -0.2) is 53.3 Å². The summed E-state index contributed by atoms with van der Waals surface area (Å²) in [6.45, 7) is 3.61. The van der Waals surface area contributed by atoms with Gasteiger partial charge in [-0.2, -0.15) is 0 Å². The summed E-state index contributed by atoms with van der Waals surface area (Å²) < 4.78 is 13.5. The molecule has 2 aliphatic rings. The number of fused-ring (bicyclic) bond motifs is 1. The van der Waals surface area contributed by atoms with E-state index in [0.717, 1.165) is 19.4 Å². The molecule has 6 heteroatoms. The summed E-state index contributed by atoms with van der Waals surface area (Å²) >= 11 is 0. The molecule has 0 radical (unpaired) electrons. The maximum Gasteiger partial charge on any atom is 0.254 e. The summed E-state index contributed by atoms with van der Waals surface area (Å²) in [6, 6.07) is 6.06. The zero-order valence-electron chi connectivity index (χ0n) is 15.1. The van der Waals surface area contributed by atoms with Crippen LogP contribution in [0, 0.1) is 18.2 Å². The molecule has 1 aromatic heterocycles. The maximum atomic E-state index is 13.5. The third-order valence-corrected chi connectivity index (χ3v) is 5.72. The highest BCUT2D eigenvalue weighted by molar-refractivity contribution is 6.06. The molecular weight excluding hydrogens is 333 g/mol. The highest BCUT2D eigenvalue weighted by Gasteiger charge is 2.48. The van der Waals surface area contributed by atoms with E-state index in [1.807, 2.05) is 7.05 Å². The number of aromatic nitrogens is 1. The second kappa shape index (κ2) is 6.04. The van der Waals surface area contributed by atoms with Crippen LogP contribution in [0.1, 0.15) is 35.3 Å². The Balaban J connectivity index is 1.67. The van der Waals surface area contributed by atoms with Crippen LogP contribution in [0.3, 0.4) is 0 Å². The number of aryl methyl sites for hydroxylation is 1. The van der Waals surface area contributed by atoms with E-state index in [-0.39, 0.29) is 17.6 Å². The van der Waals surface area contributed by atoms with E-state index >= 15 is 0 Å². The fourth-order valence-electron chi connectivity index (χ4n) is 4.37. The predicted octanol–water partition coefficient (Wildman–Crippen LogP) is 2.77. The summed E-state index contributed by atoms with van der Waals surface area (Å²) in [5.41, 5.74) is 1.25. The van der Waals surface area contributed by atoms with Gasteiger partial charge in [-0.05, 0) is 44.4 Å². The Labute approximate surface area is 151 Å². The van der Waals surface area contributed by atoms with E-state index in [1.54, 1.807) is 28.9 Å². The molecule has 0 saturated carbocycles. The molecular formula is C20H22FN3O2. The lowest BCUT2D eigenvalue weighted by atomic mass is 9.78. The van der Waals surface area contributed by atoms with Crippen molar-refractivity contribution in [1.29, 1.82) is 0 Å². The molecule has 0 N–H and O–H groups in total. The van der Waals surface area contributed by atoms with Crippen LogP contribution < -0.4 is 0 Å². The number of benzene rings is 1. The van der Waals surface area contributed by atoms with Crippen molar-refractivity contribution in [1.82, 2.24) is 14.8 Å². The van der Waals surface area contributed by atoms with Crippen LogP contribution in [-0.2, 0) is 4.79 Å². The molecule has 5 nitrogen and oxygen atoms in total. The number of pyridine rings is 1. The molecule has 2 amide bonds. The quantitative estimate of drug-likeness (QED) is 0.790. The Morgan fingerprint density at radius 1 is 1.23 bits per heavy atom. The molecule has 1 atom stereocenters. The number of amides is 2. The molecule has 2 fully saturated rings. The predicted molar refractivity (Wildman–Crippen MR) is 96.3 cm³/mol. The SMILES string of the molecule is Cc1cc(C(=O)N2CC[C@]3(CCCN(C)C3=O)C2)c2ccc(F)cc2n1. The van der Waals surface area contributed by atoms with Crippen LogP contribution in [0.15, 0.2) is 24.3 Å². The van der Waals surface area contributed by atoms with Gasteiger partial charge in [0.15, 0.2) is 0 Å². The number of carbonyl (C=O) groups excluding carboxylic acids is 2. The first-order valence-electron chi connectivity index (χ1n) is 9.01. The van der Waals surface area contributed by atoms with Crippen molar-refractivity contribution < 1.29 is 14.0 Å². The van der Waals surface area contributed by atoms with Crippen molar-refractivity contribution in [2.75, 3.05) is 26.7 Å². The fourth-order valence-corrected chi connectivity index (χ4v) is 4.37. The van der Waals surface area contributed by atoms with Crippen molar-refractivity contribution in [2.45, 2.75) is 26.2 Å². The van der Waals surface area contributed by atoms with Crippen molar-refractivity contribution in [2.24, 2.45) is 5.41 Å². The first-order chi connectivity index (χ1) is 12.4. The topological polar surface area (TPSA) is 53.5 Å². The number of nitrogens with zero attached hydrogens (tertiary/aromatic N) is 3. The zero-order valence-corrected chi connectivity index (χ0v) is 15.1. The molecule has 2 aliphatic heterocycles. The Bertz CT molecular complexity index is 908. The molecule has 3 heterocycles. The summed E-state index contributed by atoms with van der Waals surface area (Å²) in [5.74, 6) is -0.327. The van der Waals surface area contributed by atoms with E-state index in [0.29, 0.717) is 41.7 Å². The molecule has 2 aromatic rings. The molecule has 26 heavy (non-hydrogen) atoms. The Morgan fingerprint density at radius 3 is 2.85 bits per heavy atom. The summed E-state index contributed by atoms with van der Waals surface area (Å²) in [5, 5.41) is 0.648. The smallest absolute Gasteiger partial charge is 0.254 e. The first-order valence-corrected chi connectivity index (χ1v) is 9.01. The number of hydrogen-bond donors (Lipinski definition) is 0. The normalized spacial score (nSPS) is 23.3. The summed E-state index contributed by atoms with van der Waals surface area (Å²) in [4.78, 5) is 33.8. The van der Waals surface area contributed by atoms with E-state index in [4.69, 9.17) is 0 Å². The largest absolute Gasteiger partial charge is 0.345 e. The van der Waals surface area contributed by atoms with Gasteiger partial charge in [0.1, 0.15) is 5.82 Å². The summed E-state index contributed by atoms with van der Waals surface area (Å²) in [7, 11) is 1.84. The lowest BCUT2D eigenvalue weighted by Crippen LogP contribution is -2.48. The van der Waals surface area contributed by atoms with Crippen molar-refractivity contribution in [3.8, 4) is 0 Å². The lowest BCUT2D eigenvalue weighted by molar-refractivity contribution is -0.143. The van der Waals surface area contributed by atoms with Crippen LogP contribution >= 0.6 is 0 Å².